The number of hydrogen-bond acceptors (Lipinski definition) is 3. The first-order chi connectivity index (χ1) is 12.3. The van der Waals surface area contributed by atoms with Gasteiger partial charge in [0.25, 0.3) is 5.91 Å². The molecule has 1 aliphatic heterocycles. The first-order valence-electron chi connectivity index (χ1n) is 8.16. The highest BCUT2D eigenvalue weighted by Gasteiger charge is 2.49. The van der Waals surface area contributed by atoms with E-state index < -0.39 is 29.5 Å². The van der Waals surface area contributed by atoms with Crippen LogP contribution in [0.3, 0.4) is 0 Å². The van der Waals surface area contributed by atoms with Crippen LogP contribution in [0, 0.1) is 5.82 Å². The molecule has 0 saturated heterocycles. The maximum absolute atomic E-state index is 14.2. The lowest BCUT2D eigenvalue weighted by atomic mass is 9.87. The van der Waals surface area contributed by atoms with Gasteiger partial charge in [-0.05, 0) is 42.5 Å². The predicted molar refractivity (Wildman–Crippen MR) is 96.3 cm³/mol. The number of rotatable bonds is 4. The fourth-order valence-electron chi connectivity index (χ4n) is 3.34. The van der Waals surface area contributed by atoms with Crippen LogP contribution in [0.25, 0.3) is 0 Å². The number of aliphatic hydroxyl groups is 1. The Morgan fingerprint density at radius 1 is 1.23 bits per heavy atom. The zero-order valence-electron chi connectivity index (χ0n) is 13.5. The number of benzene rings is 2. The number of halogens is 3. The number of carbonyl (C=O) groups is 2. The number of carbonyl (C=O) groups excluding carboxylic acids is 2. The van der Waals surface area contributed by atoms with Gasteiger partial charge in [-0.25, -0.2) is 4.39 Å². The number of fused-ring (bicyclic) bond motifs is 1. The molecule has 2 N–H and O–H groups in total. The molecule has 4 rings (SSSR count). The Hall–Kier alpha value is -1.95. The summed E-state index contributed by atoms with van der Waals surface area (Å²) in [5.74, 6) is -1.57. The highest BCUT2D eigenvalue weighted by atomic mass is 35.5. The average Bonchev–Trinajstić information content (AvgIpc) is 3.38. The fraction of sp³-hybridized carbons (Fsp3) is 0.263. The monoisotopic (exact) mass is 393 g/mol. The summed E-state index contributed by atoms with van der Waals surface area (Å²) >= 11 is 12.2. The summed E-state index contributed by atoms with van der Waals surface area (Å²) in [6.45, 7) is 0. The lowest BCUT2D eigenvalue weighted by Crippen LogP contribution is -2.36. The van der Waals surface area contributed by atoms with Gasteiger partial charge in [0.15, 0.2) is 11.4 Å². The minimum Gasteiger partial charge on any atom is -0.375 e. The number of anilines is 1. The van der Waals surface area contributed by atoms with Crippen molar-refractivity contribution in [2.75, 3.05) is 5.32 Å². The second-order valence-electron chi connectivity index (χ2n) is 6.70. The Morgan fingerprint density at radius 2 is 1.92 bits per heavy atom. The number of hydrogen-bond donors (Lipinski definition) is 2. The molecule has 0 radical (unpaired) electrons. The average molecular weight is 394 g/mol. The van der Waals surface area contributed by atoms with Gasteiger partial charge >= 0.3 is 0 Å². The molecular weight excluding hydrogens is 380 g/mol. The largest absolute Gasteiger partial charge is 0.375 e. The van der Waals surface area contributed by atoms with Crippen molar-refractivity contribution in [2.45, 2.75) is 30.8 Å². The molecule has 2 aromatic carbocycles. The van der Waals surface area contributed by atoms with Gasteiger partial charge in [0.2, 0.25) is 0 Å². The molecule has 1 heterocycles. The van der Waals surface area contributed by atoms with E-state index in [9.17, 15) is 19.1 Å². The Bertz CT molecular complexity index is 958. The van der Waals surface area contributed by atoms with E-state index in [2.05, 4.69) is 5.32 Å². The molecule has 1 fully saturated rings. The minimum atomic E-state index is -2.15. The first-order valence-corrected chi connectivity index (χ1v) is 8.92. The lowest BCUT2D eigenvalue weighted by Gasteiger charge is -2.21. The summed E-state index contributed by atoms with van der Waals surface area (Å²) in [5.41, 5.74) is -1.20. The molecule has 134 valence electrons. The molecule has 7 heteroatoms. The van der Waals surface area contributed by atoms with Crippen LogP contribution < -0.4 is 5.32 Å². The van der Waals surface area contributed by atoms with E-state index in [0.717, 1.165) is 18.9 Å². The third kappa shape index (κ3) is 2.71. The van der Waals surface area contributed by atoms with Crippen LogP contribution in [0.5, 0.6) is 0 Å². The second-order valence-corrected chi connectivity index (χ2v) is 7.52. The number of Topliss-reactive ketones (excluding diaryl/α,β-unsaturated/α-hetero) is 1. The van der Waals surface area contributed by atoms with Crippen LogP contribution in [0.15, 0.2) is 30.3 Å². The molecule has 0 aromatic heterocycles. The third-order valence-electron chi connectivity index (χ3n) is 4.89. The smallest absolute Gasteiger partial charge is 0.261 e. The molecule has 1 saturated carbocycles. The topological polar surface area (TPSA) is 66.4 Å². The molecule has 2 aromatic rings. The van der Waals surface area contributed by atoms with E-state index in [1.165, 1.54) is 18.2 Å². The Kier molecular flexibility index (Phi) is 4.06. The summed E-state index contributed by atoms with van der Waals surface area (Å²) in [4.78, 5) is 25.0. The van der Waals surface area contributed by atoms with Gasteiger partial charge in [-0.1, -0.05) is 35.3 Å². The van der Waals surface area contributed by atoms with E-state index in [1.807, 2.05) is 0 Å². The van der Waals surface area contributed by atoms with E-state index in [-0.39, 0.29) is 32.8 Å². The fourth-order valence-corrected chi connectivity index (χ4v) is 3.86. The Balaban J connectivity index is 1.67. The van der Waals surface area contributed by atoms with Gasteiger partial charge in [-0.15, -0.1) is 0 Å². The van der Waals surface area contributed by atoms with Gasteiger partial charge in [0.05, 0.1) is 17.1 Å². The molecule has 1 amide bonds. The molecule has 0 spiro atoms. The van der Waals surface area contributed by atoms with Crippen molar-refractivity contribution in [3.8, 4) is 0 Å². The molecule has 1 aliphatic carbocycles. The molecule has 0 bridgehead atoms. The van der Waals surface area contributed by atoms with Gasteiger partial charge in [0, 0.05) is 16.1 Å². The van der Waals surface area contributed by atoms with E-state index >= 15 is 0 Å². The summed E-state index contributed by atoms with van der Waals surface area (Å²) in [7, 11) is 0. The molecule has 2 aliphatic rings. The molecular formula is C19H14Cl2FNO3. The minimum absolute atomic E-state index is 0.0695. The SMILES string of the molecule is O=C(C[C@@]1(O)C(=O)Nc2c(Cl)ccc(Cl)c21)c1ccc(C2CC2)c(F)c1. The number of nitrogens with one attached hydrogen (secondary N) is 1. The van der Waals surface area contributed by atoms with Crippen molar-refractivity contribution in [3.63, 3.8) is 0 Å². The molecule has 26 heavy (non-hydrogen) atoms. The van der Waals surface area contributed by atoms with Crippen LogP contribution >= 0.6 is 23.2 Å². The van der Waals surface area contributed by atoms with Gasteiger partial charge in [-0.3, -0.25) is 9.59 Å². The van der Waals surface area contributed by atoms with Gasteiger partial charge in [0.1, 0.15) is 5.82 Å². The van der Waals surface area contributed by atoms with E-state index in [1.54, 1.807) is 6.07 Å². The van der Waals surface area contributed by atoms with Gasteiger partial charge in [-0.2, -0.15) is 0 Å². The summed E-state index contributed by atoms with van der Waals surface area (Å²) < 4.78 is 14.2. The quantitative estimate of drug-likeness (QED) is 0.755. The number of amides is 1. The first kappa shape index (κ1) is 17.5. The van der Waals surface area contributed by atoms with Crippen molar-refractivity contribution in [2.24, 2.45) is 0 Å². The Labute approximate surface area is 158 Å². The maximum Gasteiger partial charge on any atom is 0.261 e. The van der Waals surface area contributed by atoms with Crippen LogP contribution in [0.2, 0.25) is 10.0 Å². The zero-order chi connectivity index (χ0) is 18.6. The standard InChI is InChI=1S/C19H14Cl2FNO3/c20-12-5-6-13(21)17-16(12)19(26,18(25)23-17)8-15(24)10-3-4-11(9-1-2-9)14(22)7-10/h3-7,9,26H,1-2,8H2,(H,23,25)/t19-/m0/s1. The van der Waals surface area contributed by atoms with Crippen LogP contribution in [-0.4, -0.2) is 16.8 Å². The van der Waals surface area contributed by atoms with Crippen molar-refractivity contribution >= 4 is 40.6 Å². The second kappa shape index (κ2) is 6.05. The van der Waals surface area contributed by atoms with Crippen LogP contribution in [0.1, 0.15) is 46.7 Å². The van der Waals surface area contributed by atoms with E-state index in [4.69, 9.17) is 23.2 Å². The lowest BCUT2D eigenvalue weighted by molar-refractivity contribution is -0.133. The van der Waals surface area contributed by atoms with Crippen molar-refractivity contribution in [1.82, 2.24) is 0 Å². The van der Waals surface area contributed by atoms with Crippen molar-refractivity contribution in [3.05, 3.63) is 62.9 Å². The van der Waals surface area contributed by atoms with Gasteiger partial charge < -0.3 is 10.4 Å². The van der Waals surface area contributed by atoms with Crippen LogP contribution in [0.4, 0.5) is 10.1 Å². The maximum atomic E-state index is 14.2. The van der Waals surface area contributed by atoms with Crippen molar-refractivity contribution in [1.29, 1.82) is 0 Å². The number of ketones is 1. The zero-order valence-corrected chi connectivity index (χ0v) is 15.0. The normalized spacial score (nSPS) is 21.5. The molecule has 1 atom stereocenters. The van der Waals surface area contributed by atoms with E-state index in [0.29, 0.717) is 5.56 Å². The predicted octanol–water partition coefficient (Wildman–Crippen LogP) is 4.42. The Morgan fingerprint density at radius 3 is 2.58 bits per heavy atom. The molecule has 4 nitrogen and oxygen atoms in total. The summed E-state index contributed by atoms with van der Waals surface area (Å²) in [6.07, 6.45) is 1.33. The van der Waals surface area contributed by atoms with Crippen molar-refractivity contribution < 1.29 is 19.1 Å². The summed E-state index contributed by atoms with van der Waals surface area (Å²) in [6, 6.07) is 7.21. The molecule has 0 unspecified atom stereocenters. The van der Waals surface area contributed by atoms with Crippen LogP contribution in [-0.2, 0) is 10.4 Å². The summed E-state index contributed by atoms with van der Waals surface area (Å²) in [5, 5.41) is 13.7. The highest BCUT2D eigenvalue weighted by molar-refractivity contribution is 6.38. The highest BCUT2D eigenvalue weighted by Crippen LogP contribution is 2.46. The third-order valence-corrected chi connectivity index (χ3v) is 5.52.